The van der Waals surface area contributed by atoms with Crippen molar-refractivity contribution in [2.45, 2.75) is 25.9 Å². The van der Waals surface area contributed by atoms with Crippen LogP contribution in [0.4, 0.5) is 4.39 Å². The van der Waals surface area contributed by atoms with Crippen molar-refractivity contribution < 1.29 is 13.6 Å². The van der Waals surface area contributed by atoms with E-state index in [-0.39, 0.29) is 18.3 Å². The average molecular weight is 328 g/mol. The summed E-state index contributed by atoms with van der Waals surface area (Å²) in [6.07, 6.45) is 4.14. The Labute approximate surface area is 138 Å². The highest BCUT2D eigenvalue weighted by Gasteiger charge is 2.10. The molecule has 0 radical (unpaired) electrons. The van der Waals surface area contributed by atoms with Crippen LogP contribution in [0, 0.1) is 5.82 Å². The molecule has 1 N–H and O–H groups in total. The molecule has 2 aromatic heterocycles. The Morgan fingerprint density at radius 3 is 2.92 bits per heavy atom. The van der Waals surface area contributed by atoms with Crippen LogP contribution in [0.25, 0.3) is 11.3 Å². The van der Waals surface area contributed by atoms with Crippen LogP contribution in [-0.2, 0) is 17.9 Å². The van der Waals surface area contributed by atoms with E-state index in [2.05, 4.69) is 15.4 Å². The summed E-state index contributed by atoms with van der Waals surface area (Å²) in [6.45, 7) is 0.919. The third-order valence-corrected chi connectivity index (χ3v) is 3.52. The predicted octanol–water partition coefficient (Wildman–Crippen LogP) is 2.77. The van der Waals surface area contributed by atoms with Gasteiger partial charge in [-0.15, -0.1) is 0 Å². The topological polar surface area (TPSA) is 73.0 Å². The number of hydrogen-bond donors (Lipinski definition) is 1. The van der Waals surface area contributed by atoms with Gasteiger partial charge in [0.15, 0.2) is 0 Å². The molecule has 1 aromatic carbocycles. The first-order valence-corrected chi connectivity index (χ1v) is 7.65. The number of amides is 1. The first kappa shape index (κ1) is 15.9. The molecule has 7 heteroatoms. The molecule has 0 aliphatic carbocycles. The van der Waals surface area contributed by atoms with Gasteiger partial charge in [0.05, 0.1) is 12.1 Å². The number of nitrogens with one attached hydrogen (secondary N) is 1. The number of aromatic nitrogens is 3. The van der Waals surface area contributed by atoms with Gasteiger partial charge in [-0.1, -0.05) is 12.1 Å². The van der Waals surface area contributed by atoms with Crippen LogP contribution in [0.5, 0.6) is 0 Å². The Morgan fingerprint density at radius 2 is 2.12 bits per heavy atom. The summed E-state index contributed by atoms with van der Waals surface area (Å²) in [5.41, 5.74) is 0.405. The van der Waals surface area contributed by atoms with E-state index >= 15 is 0 Å². The highest BCUT2D eigenvalue weighted by Crippen LogP contribution is 2.24. The van der Waals surface area contributed by atoms with Crippen LogP contribution in [-0.4, -0.2) is 20.7 Å². The van der Waals surface area contributed by atoms with Crippen molar-refractivity contribution in [1.82, 2.24) is 20.1 Å². The molecular formula is C17H17FN4O2. The van der Waals surface area contributed by atoms with Crippen molar-refractivity contribution in [3.05, 3.63) is 60.6 Å². The minimum atomic E-state index is -0.337. The van der Waals surface area contributed by atoms with Crippen LogP contribution < -0.4 is 5.32 Å². The zero-order valence-electron chi connectivity index (χ0n) is 13.0. The van der Waals surface area contributed by atoms with Crippen LogP contribution >= 0.6 is 0 Å². The fourth-order valence-electron chi connectivity index (χ4n) is 2.30. The number of furan rings is 1. The zero-order valence-corrected chi connectivity index (χ0v) is 13.0. The van der Waals surface area contributed by atoms with Crippen LogP contribution in [0.15, 0.2) is 53.5 Å². The van der Waals surface area contributed by atoms with E-state index in [0.29, 0.717) is 36.5 Å². The lowest BCUT2D eigenvalue weighted by Gasteiger charge is -2.04. The van der Waals surface area contributed by atoms with Crippen molar-refractivity contribution in [1.29, 1.82) is 0 Å². The molecule has 24 heavy (non-hydrogen) atoms. The van der Waals surface area contributed by atoms with Crippen LogP contribution in [0.1, 0.15) is 18.6 Å². The lowest BCUT2D eigenvalue weighted by Crippen LogP contribution is -2.22. The number of benzene rings is 1. The maximum Gasteiger partial charge on any atom is 0.220 e. The molecule has 3 aromatic rings. The third kappa shape index (κ3) is 4.07. The molecule has 0 saturated carbocycles. The lowest BCUT2D eigenvalue weighted by molar-refractivity contribution is -0.121. The molecular weight excluding hydrogens is 311 g/mol. The first-order valence-electron chi connectivity index (χ1n) is 7.65. The Morgan fingerprint density at radius 1 is 1.25 bits per heavy atom. The van der Waals surface area contributed by atoms with E-state index in [9.17, 15) is 9.18 Å². The lowest BCUT2D eigenvalue weighted by atomic mass is 10.1. The molecule has 0 aliphatic heterocycles. The van der Waals surface area contributed by atoms with Crippen molar-refractivity contribution in [3.63, 3.8) is 0 Å². The second-order valence-electron chi connectivity index (χ2n) is 5.28. The van der Waals surface area contributed by atoms with E-state index in [4.69, 9.17) is 4.42 Å². The summed E-state index contributed by atoms with van der Waals surface area (Å²) >= 11 is 0. The summed E-state index contributed by atoms with van der Waals surface area (Å²) in [4.78, 5) is 15.7. The summed E-state index contributed by atoms with van der Waals surface area (Å²) in [5.74, 6) is 0.621. The molecule has 0 bridgehead atoms. The molecule has 0 fully saturated rings. The molecule has 6 nitrogen and oxygen atoms in total. The number of rotatable bonds is 7. The Hall–Kier alpha value is -2.96. The highest BCUT2D eigenvalue weighted by molar-refractivity contribution is 5.75. The minimum Gasteiger partial charge on any atom is -0.459 e. The number of aryl methyl sites for hydroxylation is 1. The quantitative estimate of drug-likeness (QED) is 0.724. The molecule has 0 aliphatic rings. The van der Waals surface area contributed by atoms with Crippen LogP contribution in [0.2, 0.25) is 0 Å². The van der Waals surface area contributed by atoms with Gasteiger partial charge in [0.2, 0.25) is 5.91 Å². The summed E-state index contributed by atoms with van der Waals surface area (Å²) < 4.78 is 21.0. The highest BCUT2D eigenvalue weighted by atomic mass is 19.1. The van der Waals surface area contributed by atoms with E-state index in [1.807, 2.05) is 0 Å². The fourth-order valence-corrected chi connectivity index (χ4v) is 2.30. The Kier molecular flexibility index (Phi) is 5.00. The predicted molar refractivity (Wildman–Crippen MR) is 85.2 cm³/mol. The second-order valence-corrected chi connectivity index (χ2v) is 5.28. The normalized spacial score (nSPS) is 10.7. The van der Waals surface area contributed by atoms with Crippen LogP contribution in [0.3, 0.4) is 0 Å². The molecule has 0 spiro atoms. The molecule has 1 amide bonds. The van der Waals surface area contributed by atoms with E-state index < -0.39 is 0 Å². The Balaban J connectivity index is 1.47. The van der Waals surface area contributed by atoms with Gasteiger partial charge in [-0.25, -0.2) is 9.37 Å². The van der Waals surface area contributed by atoms with Crippen molar-refractivity contribution >= 4 is 5.91 Å². The van der Waals surface area contributed by atoms with Crippen molar-refractivity contribution in [2.24, 2.45) is 0 Å². The maximum absolute atomic E-state index is 13.7. The van der Waals surface area contributed by atoms with Gasteiger partial charge in [-0.3, -0.25) is 9.48 Å². The fraction of sp³-hybridized carbons (Fsp3) is 0.235. The molecule has 3 rings (SSSR count). The average Bonchev–Trinajstić information content (AvgIpc) is 3.25. The molecule has 124 valence electrons. The maximum atomic E-state index is 13.7. The summed E-state index contributed by atoms with van der Waals surface area (Å²) in [6, 6.07) is 9.84. The zero-order chi connectivity index (χ0) is 16.8. The van der Waals surface area contributed by atoms with Gasteiger partial charge in [-0.05, 0) is 30.7 Å². The number of carbonyl (C=O) groups is 1. The molecule has 0 saturated heterocycles. The molecule has 0 unspecified atom stereocenters. The SMILES string of the molecule is O=C(CCCn1cncn1)NCc1ccc(-c2ccccc2F)o1. The van der Waals surface area contributed by atoms with Gasteiger partial charge >= 0.3 is 0 Å². The first-order chi connectivity index (χ1) is 11.7. The van der Waals surface area contributed by atoms with Gasteiger partial charge in [0.25, 0.3) is 0 Å². The van der Waals surface area contributed by atoms with Gasteiger partial charge < -0.3 is 9.73 Å². The second kappa shape index (κ2) is 7.54. The number of hydrogen-bond acceptors (Lipinski definition) is 4. The minimum absolute atomic E-state index is 0.0704. The van der Waals surface area contributed by atoms with Crippen molar-refractivity contribution in [2.75, 3.05) is 0 Å². The number of halogens is 1. The Bertz CT molecular complexity index is 799. The smallest absolute Gasteiger partial charge is 0.220 e. The number of carbonyl (C=O) groups excluding carboxylic acids is 1. The standard InChI is InChI=1S/C17H17FN4O2/c18-15-5-2-1-4-14(15)16-8-7-13(24-16)10-20-17(23)6-3-9-22-12-19-11-21-22/h1-2,4-5,7-8,11-12H,3,6,9-10H2,(H,20,23). The summed E-state index contributed by atoms with van der Waals surface area (Å²) in [5, 5.41) is 6.76. The molecule has 0 atom stereocenters. The van der Waals surface area contributed by atoms with Crippen molar-refractivity contribution in [3.8, 4) is 11.3 Å². The van der Waals surface area contributed by atoms with Gasteiger partial charge in [0, 0.05) is 13.0 Å². The van der Waals surface area contributed by atoms with Gasteiger partial charge in [-0.2, -0.15) is 5.10 Å². The molecule has 2 heterocycles. The largest absolute Gasteiger partial charge is 0.459 e. The third-order valence-electron chi connectivity index (χ3n) is 3.52. The van der Waals surface area contributed by atoms with E-state index in [1.165, 1.54) is 12.4 Å². The van der Waals surface area contributed by atoms with E-state index in [0.717, 1.165) is 0 Å². The summed E-state index contributed by atoms with van der Waals surface area (Å²) in [7, 11) is 0. The monoisotopic (exact) mass is 328 g/mol. The number of nitrogens with zero attached hydrogens (tertiary/aromatic N) is 3. The van der Waals surface area contributed by atoms with E-state index in [1.54, 1.807) is 41.3 Å². The van der Waals surface area contributed by atoms with Gasteiger partial charge in [0.1, 0.15) is 30.0 Å².